The van der Waals surface area contributed by atoms with Crippen molar-refractivity contribution in [1.82, 2.24) is 9.13 Å². The van der Waals surface area contributed by atoms with Gasteiger partial charge >= 0.3 is 0 Å². The molecule has 0 radical (unpaired) electrons. The molecule has 0 N–H and O–H groups in total. The van der Waals surface area contributed by atoms with Gasteiger partial charge in [-0.2, -0.15) is 10.5 Å². The molecule has 4 nitrogen and oxygen atoms in total. The van der Waals surface area contributed by atoms with Gasteiger partial charge in [0, 0.05) is 27.2 Å². The molecule has 0 saturated carbocycles. The number of para-hydroxylation sites is 3. The Morgan fingerprint density at radius 2 is 0.833 bits per heavy atom. The van der Waals surface area contributed by atoms with E-state index >= 15 is 0 Å². The van der Waals surface area contributed by atoms with E-state index in [1.165, 1.54) is 11.1 Å². The molecule has 48 heavy (non-hydrogen) atoms. The van der Waals surface area contributed by atoms with Crippen molar-refractivity contribution in [3.63, 3.8) is 0 Å². The van der Waals surface area contributed by atoms with Gasteiger partial charge in [0.2, 0.25) is 0 Å². The monoisotopic (exact) mass is 610 g/mol. The Bertz CT molecular complexity index is 2750. The normalized spacial score (nSPS) is 11.3. The van der Waals surface area contributed by atoms with Crippen molar-refractivity contribution in [3.8, 4) is 45.8 Å². The lowest BCUT2D eigenvalue weighted by atomic mass is 10.00. The Morgan fingerprint density at radius 3 is 1.46 bits per heavy atom. The molecule has 222 valence electrons. The van der Waals surface area contributed by atoms with Gasteiger partial charge in [0.25, 0.3) is 0 Å². The maximum atomic E-state index is 10.1. The fourth-order valence-corrected chi connectivity index (χ4v) is 7.22. The number of aromatic nitrogens is 2. The minimum atomic E-state index is 0.466. The van der Waals surface area contributed by atoms with Crippen LogP contribution in [0.1, 0.15) is 11.1 Å². The molecule has 0 amide bonds. The fraction of sp³-hybridized carbons (Fsp3) is 0. The Morgan fingerprint density at radius 1 is 0.354 bits per heavy atom. The third kappa shape index (κ3) is 4.14. The van der Waals surface area contributed by atoms with Crippen LogP contribution in [0.4, 0.5) is 0 Å². The van der Waals surface area contributed by atoms with E-state index in [1.807, 2.05) is 18.2 Å². The standard InChI is InChI=1S/C44H26N4/c45-27-33-13-8-14-34(28-46)44(33)48-41-19-7-5-17-37(41)39-25-42-38(26-43(39)48)36-16-4-6-18-40(36)47(42)35-15-9-12-32(24-35)31-22-20-30(21-23-31)29-10-2-1-3-11-29/h1-26H. The molecule has 0 aliphatic rings. The van der Waals surface area contributed by atoms with Gasteiger partial charge in [0.05, 0.1) is 38.9 Å². The van der Waals surface area contributed by atoms with E-state index in [0.29, 0.717) is 16.8 Å². The number of nitrogens with zero attached hydrogens (tertiary/aromatic N) is 4. The van der Waals surface area contributed by atoms with Crippen LogP contribution < -0.4 is 0 Å². The first-order chi connectivity index (χ1) is 23.7. The molecule has 0 aliphatic carbocycles. The third-order valence-electron chi connectivity index (χ3n) is 9.40. The van der Waals surface area contributed by atoms with Crippen molar-refractivity contribution >= 4 is 43.6 Å². The summed E-state index contributed by atoms with van der Waals surface area (Å²) in [5, 5.41) is 24.6. The lowest BCUT2D eigenvalue weighted by Gasteiger charge is -2.12. The second-order valence-electron chi connectivity index (χ2n) is 12.0. The number of benzene rings is 7. The maximum absolute atomic E-state index is 10.1. The van der Waals surface area contributed by atoms with Crippen molar-refractivity contribution in [2.45, 2.75) is 0 Å². The van der Waals surface area contributed by atoms with Crippen molar-refractivity contribution < 1.29 is 0 Å². The fourth-order valence-electron chi connectivity index (χ4n) is 7.22. The number of hydrogen-bond acceptors (Lipinski definition) is 2. The third-order valence-corrected chi connectivity index (χ3v) is 9.40. The number of nitriles is 2. The van der Waals surface area contributed by atoms with Gasteiger partial charge in [-0.15, -0.1) is 0 Å². The molecular weight excluding hydrogens is 585 g/mol. The molecule has 9 rings (SSSR count). The van der Waals surface area contributed by atoms with E-state index in [4.69, 9.17) is 0 Å². The lowest BCUT2D eigenvalue weighted by Crippen LogP contribution is -2.01. The Labute approximate surface area is 277 Å². The molecule has 2 heterocycles. The number of rotatable bonds is 4. The van der Waals surface area contributed by atoms with Gasteiger partial charge in [-0.05, 0) is 70.8 Å². The predicted molar refractivity (Wildman–Crippen MR) is 195 cm³/mol. The summed E-state index contributed by atoms with van der Waals surface area (Å²) in [4.78, 5) is 0. The smallest absolute Gasteiger partial charge is 0.101 e. The zero-order chi connectivity index (χ0) is 32.2. The van der Waals surface area contributed by atoms with E-state index in [0.717, 1.165) is 60.4 Å². The highest BCUT2D eigenvalue weighted by Gasteiger charge is 2.21. The summed E-state index contributed by atoms with van der Waals surface area (Å²) in [6, 6.07) is 59.2. The molecule has 0 aliphatic heterocycles. The molecule has 0 atom stereocenters. The molecule has 0 spiro atoms. The SMILES string of the molecule is N#Cc1cccc(C#N)c1-n1c2ccccc2c2cc3c(cc21)c1ccccc1n3-c1cccc(-c2ccc(-c3ccccc3)cc2)c1. The second kappa shape index (κ2) is 10.9. The molecule has 0 bridgehead atoms. The van der Waals surface area contributed by atoms with Crippen LogP contribution in [0, 0.1) is 22.7 Å². The van der Waals surface area contributed by atoms with Gasteiger partial charge < -0.3 is 9.13 Å². The molecule has 0 fully saturated rings. The van der Waals surface area contributed by atoms with Crippen molar-refractivity contribution in [1.29, 1.82) is 10.5 Å². The summed E-state index contributed by atoms with van der Waals surface area (Å²) in [5.41, 5.74) is 11.4. The Kier molecular flexibility index (Phi) is 6.22. The van der Waals surface area contributed by atoms with Crippen LogP contribution in [0.5, 0.6) is 0 Å². The Hall–Kier alpha value is -6.88. The molecule has 7 aromatic carbocycles. The van der Waals surface area contributed by atoms with E-state index in [9.17, 15) is 10.5 Å². The first-order valence-corrected chi connectivity index (χ1v) is 15.9. The molecular formula is C44H26N4. The highest BCUT2D eigenvalue weighted by Crippen LogP contribution is 2.41. The molecule has 9 aromatic rings. The zero-order valence-corrected chi connectivity index (χ0v) is 25.8. The van der Waals surface area contributed by atoms with Crippen LogP contribution in [0.3, 0.4) is 0 Å². The molecule has 0 saturated heterocycles. The topological polar surface area (TPSA) is 57.4 Å². The van der Waals surface area contributed by atoms with Crippen molar-refractivity contribution in [3.05, 3.63) is 169 Å². The van der Waals surface area contributed by atoms with E-state index < -0.39 is 0 Å². The number of fused-ring (bicyclic) bond motifs is 6. The quantitative estimate of drug-likeness (QED) is 0.199. The van der Waals surface area contributed by atoms with Gasteiger partial charge in [-0.25, -0.2) is 0 Å². The minimum Gasteiger partial charge on any atom is -0.309 e. The summed E-state index contributed by atoms with van der Waals surface area (Å²) < 4.78 is 4.44. The highest BCUT2D eigenvalue weighted by atomic mass is 15.0. The summed E-state index contributed by atoms with van der Waals surface area (Å²) in [6.07, 6.45) is 0. The first kappa shape index (κ1) is 27.4. The Balaban J connectivity index is 1.29. The summed E-state index contributed by atoms with van der Waals surface area (Å²) in [7, 11) is 0. The molecule has 4 heteroatoms. The second-order valence-corrected chi connectivity index (χ2v) is 12.0. The summed E-state index contributed by atoms with van der Waals surface area (Å²) >= 11 is 0. The van der Waals surface area contributed by atoms with Gasteiger partial charge in [0.15, 0.2) is 0 Å². The van der Waals surface area contributed by atoms with Crippen LogP contribution in [-0.2, 0) is 0 Å². The average Bonchev–Trinajstić information content (AvgIpc) is 3.66. The largest absolute Gasteiger partial charge is 0.309 e. The van der Waals surface area contributed by atoms with E-state index in [2.05, 4.69) is 143 Å². The van der Waals surface area contributed by atoms with Crippen molar-refractivity contribution in [2.75, 3.05) is 0 Å². The average molecular weight is 611 g/mol. The van der Waals surface area contributed by atoms with Crippen molar-refractivity contribution in [2.24, 2.45) is 0 Å². The highest BCUT2D eigenvalue weighted by molar-refractivity contribution is 6.19. The van der Waals surface area contributed by atoms with Crippen LogP contribution in [-0.4, -0.2) is 9.13 Å². The van der Waals surface area contributed by atoms with Gasteiger partial charge in [-0.1, -0.05) is 109 Å². The van der Waals surface area contributed by atoms with Crippen LogP contribution in [0.25, 0.3) is 77.2 Å². The molecule has 2 aromatic heterocycles. The van der Waals surface area contributed by atoms with Crippen LogP contribution in [0.15, 0.2) is 158 Å². The summed E-state index contributed by atoms with van der Waals surface area (Å²) in [5.74, 6) is 0. The van der Waals surface area contributed by atoms with E-state index in [-0.39, 0.29) is 0 Å². The lowest BCUT2D eigenvalue weighted by molar-refractivity contribution is 1.15. The van der Waals surface area contributed by atoms with Crippen LogP contribution >= 0.6 is 0 Å². The minimum absolute atomic E-state index is 0.466. The summed E-state index contributed by atoms with van der Waals surface area (Å²) in [6.45, 7) is 0. The zero-order valence-electron chi connectivity index (χ0n) is 25.8. The van der Waals surface area contributed by atoms with Crippen LogP contribution in [0.2, 0.25) is 0 Å². The maximum Gasteiger partial charge on any atom is 0.101 e. The first-order valence-electron chi connectivity index (χ1n) is 15.9. The van der Waals surface area contributed by atoms with Gasteiger partial charge in [-0.3, -0.25) is 0 Å². The molecule has 0 unspecified atom stereocenters. The van der Waals surface area contributed by atoms with Gasteiger partial charge in [0.1, 0.15) is 12.1 Å². The number of hydrogen-bond donors (Lipinski definition) is 0. The van der Waals surface area contributed by atoms with E-state index in [1.54, 1.807) is 18.2 Å². The predicted octanol–water partition coefficient (Wildman–Crippen LogP) is 11.0.